The van der Waals surface area contributed by atoms with Crippen molar-refractivity contribution >= 4 is 38.0 Å². The molecule has 0 saturated carbocycles. The summed E-state index contributed by atoms with van der Waals surface area (Å²) >= 11 is 5.99. The zero-order chi connectivity index (χ0) is 21.5. The average Bonchev–Trinajstić information content (AvgIpc) is 3.10. The van der Waals surface area contributed by atoms with Gasteiger partial charge in [0.15, 0.2) is 14.9 Å². The van der Waals surface area contributed by atoms with Gasteiger partial charge in [-0.3, -0.25) is 0 Å². The maximum absolute atomic E-state index is 13.7. The average molecular weight is 445 g/mol. The predicted octanol–water partition coefficient (Wildman–Crippen LogP) is 4.66. The first kappa shape index (κ1) is 20.3. The van der Waals surface area contributed by atoms with Gasteiger partial charge in [-0.1, -0.05) is 41.9 Å². The molecule has 4 aromatic rings. The lowest BCUT2D eigenvalue weighted by atomic mass is 10.1. The van der Waals surface area contributed by atoms with E-state index in [4.69, 9.17) is 11.6 Å². The van der Waals surface area contributed by atoms with E-state index in [-0.39, 0.29) is 10.0 Å². The molecule has 6 nitrogen and oxygen atoms in total. The van der Waals surface area contributed by atoms with Gasteiger partial charge in [0.25, 0.3) is 0 Å². The van der Waals surface area contributed by atoms with Gasteiger partial charge in [-0.15, -0.1) is 0 Å². The van der Waals surface area contributed by atoms with Crippen molar-refractivity contribution in [2.75, 3.05) is 11.6 Å². The van der Waals surface area contributed by atoms with Crippen molar-refractivity contribution in [1.82, 2.24) is 15.0 Å². The van der Waals surface area contributed by atoms with Crippen LogP contribution in [0.25, 0.3) is 10.8 Å². The number of rotatable bonds is 5. The summed E-state index contributed by atoms with van der Waals surface area (Å²) in [4.78, 5) is 11.8. The zero-order valence-corrected chi connectivity index (χ0v) is 17.7. The number of halogens is 2. The number of aromatic amines is 1. The van der Waals surface area contributed by atoms with Gasteiger partial charge >= 0.3 is 0 Å². The number of aromatic nitrogens is 3. The van der Waals surface area contributed by atoms with Crippen LogP contribution in [0.4, 0.5) is 10.2 Å². The molecule has 4 rings (SSSR count). The Bertz CT molecular complexity index is 1350. The van der Waals surface area contributed by atoms with E-state index in [1.807, 2.05) is 30.3 Å². The van der Waals surface area contributed by atoms with E-state index >= 15 is 0 Å². The molecule has 30 heavy (non-hydrogen) atoms. The van der Waals surface area contributed by atoms with Crippen molar-refractivity contribution in [3.8, 4) is 0 Å². The van der Waals surface area contributed by atoms with Crippen LogP contribution >= 0.6 is 11.6 Å². The maximum Gasteiger partial charge on any atom is 0.194 e. The highest BCUT2D eigenvalue weighted by Gasteiger charge is 2.24. The molecule has 154 valence electrons. The Kier molecular flexibility index (Phi) is 5.21. The third kappa shape index (κ3) is 4.01. The molecule has 0 bridgehead atoms. The van der Waals surface area contributed by atoms with Gasteiger partial charge in [-0.25, -0.2) is 22.8 Å². The van der Waals surface area contributed by atoms with E-state index in [9.17, 15) is 12.8 Å². The van der Waals surface area contributed by atoms with Gasteiger partial charge in [0.05, 0.1) is 10.7 Å². The number of nitrogens with zero attached hydrogens (tertiary/aromatic N) is 2. The number of hydrogen-bond donors (Lipinski definition) is 2. The Balaban J connectivity index is 1.81. The van der Waals surface area contributed by atoms with Crippen LogP contribution < -0.4 is 5.32 Å². The van der Waals surface area contributed by atoms with Crippen molar-refractivity contribution in [3.63, 3.8) is 0 Å². The molecule has 0 amide bonds. The van der Waals surface area contributed by atoms with Crippen LogP contribution in [0.1, 0.15) is 23.1 Å². The summed E-state index contributed by atoms with van der Waals surface area (Å²) in [5.74, 6) is 0.357. The number of anilines is 1. The largest absolute Gasteiger partial charge is 0.356 e. The van der Waals surface area contributed by atoms with Crippen molar-refractivity contribution in [3.05, 3.63) is 82.6 Å². The Hall–Kier alpha value is -2.97. The number of benzene rings is 2. The molecule has 2 aromatic heterocycles. The number of imidazole rings is 1. The summed E-state index contributed by atoms with van der Waals surface area (Å²) in [6.07, 6.45) is 2.84. The first-order valence-electron chi connectivity index (χ1n) is 9.05. The Morgan fingerprint density at radius 1 is 1.13 bits per heavy atom. The smallest absolute Gasteiger partial charge is 0.194 e. The summed E-state index contributed by atoms with van der Waals surface area (Å²) in [7, 11) is -3.52. The van der Waals surface area contributed by atoms with E-state index in [0.717, 1.165) is 17.0 Å². The van der Waals surface area contributed by atoms with E-state index in [2.05, 4.69) is 20.3 Å². The number of H-pyrrole nitrogens is 1. The van der Waals surface area contributed by atoms with Crippen LogP contribution in [-0.2, 0) is 9.84 Å². The van der Waals surface area contributed by atoms with Gasteiger partial charge in [-0.2, -0.15) is 0 Å². The number of fused-ring (bicyclic) bond motifs is 1. The van der Waals surface area contributed by atoms with Gasteiger partial charge in [0.1, 0.15) is 23.5 Å². The fourth-order valence-electron chi connectivity index (χ4n) is 3.28. The van der Waals surface area contributed by atoms with Gasteiger partial charge in [0, 0.05) is 17.8 Å². The number of hydrogen-bond acceptors (Lipinski definition) is 5. The molecule has 1 atom stereocenters. The lowest BCUT2D eigenvalue weighted by molar-refractivity contribution is 0.597. The van der Waals surface area contributed by atoms with Crippen LogP contribution in [0.5, 0.6) is 0 Å². The van der Waals surface area contributed by atoms with Crippen LogP contribution in [-0.4, -0.2) is 29.6 Å². The fraction of sp³-hybridized carbons (Fsp3) is 0.143. The molecule has 0 fully saturated rings. The third-order valence-electron chi connectivity index (χ3n) is 4.68. The molecular formula is C21H18ClFN4O2S. The Morgan fingerprint density at radius 3 is 2.53 bits per heavy atom. The summed E-state index contributed by atoms with van der Waals surface area (Å²) in [6.45, 7) is 1.63. The second kappa shape index (κ2) is 7.70. The molecule has 2 aromatic carbocycles. The lowest BCUT2D eigenvalue weighted by Gasteiger charge is -2.18. The molecular weight excluding hydrogens is 427 g/mol. The molecule has 2 heterocycles. The van der Waals surface area contributed by atoms with E-state index in [1.54, 1.807) is 19.2 Å². The van der Waals surface area contributed by atoms with Crippen molar-refractivity contribution in [2.24, 2.45) is 0 Å². The summed E-state index contributed by atoms with van der Waals surface area (Å²) in [5, 5.41) is 5.15. The second-order valence-corrected chi connectivity index (χ2v) is 9.33. The summed E-state index contributed by atoms with van der Waals surface area (Å²) in [5.41, 5.74) is 1.02. The molecule has 0 aliphatic rings. The quantitative estimate of drug-likeness (QED) is 0.467. The number of sulfone groups is 1. The van der Waals surface area contributed by atoms with Crippen LogP contribution in [0.3, 0.4) is 0 Å². The van der Waals surface area contributed by atoms with Crippen LogP contribution in [0.15, 0.2) is 59.8 Å². The first-order chi connectivity index (χ1) is 14.2. The summed E-state index contributed by atoms with van der Waals surface area (Å²) < 4.78 is 37.8. The maximum atomic E-state index is 13.7. The molecule has 9 heteroatoms. The van der Waals surface area contributed by atoms with E-state index in [1.165, 1.54) is 12.1 Å². The zero-order valence-electron chi connectivity index (χ0n) is 16.1. The third-order valence-corrected chi connectivity index (χ3v) is 6.07. The minimum Gasteiger partial charge on any atom is -0.356 e. The molecule has 1 unspecified atom stereocenters. The lowest BCUT2D eigenvalue weighted by Crippen LogP contribution is -2.15. The highest BCUT2D eigenvalue weighted by molar-refractivity contribution is 7.90. The standard InChI is InChI=1S/C21H18ClFN4O2S/c1-12-21(30(2,28)29)27-20(25-12)19(14-7-8-17(23)16(22)9-14)26-18-10-13-5-3-4-6-15(13)11-24-18/h3-11,19H,1-2H3,(H,24,26)(H,25,27). The Morgan fingerprint density at radius 2 is 1.87 bits per heavy atom. The highest BCUT2D eigenvalue weighted by Crippen LogP contribution is 2.29. The normalized spacial score (nSPS) is 12.8. The minimum atomic E-state index is -3.52. The van der Waals surface area contributed by atoms with Crippen molar-refractivity contribution in [2.45, 2.75) is 18.0 Å². The molecule has 0 spiro atoms. The van der Waals surface area contributed by atoms with Crippen molar-refractivity contribution in [1.29, 1.82) is 0 Å². The predicted molar refractivity (Wildman–Crippen MR) is 115 cm³/mol. The monoisotopic (exact) mass is 444 g/mol. The molecule has 2 N–H and O–H groups in total. The van der Waals surface area contributed by atoms with Crippen LogP contribution in [0.2, 0.25) is 5.02 Å². The van der Waals surface area contributed by atoms with Crippen LogP contribution in [0, 0.1) is 12.7 Å². The summed E-state index contributed by atoms with van der Waals surface area (Å²) in [6, 6.07) is 13.3. The number of nitrogens with one attached hydrogen (secondary N) is 2. The molecule has 0 saturated heterocycles. The Labute approximate surface area is 178 Å². The first-order valence-corrected chi connectivity index (χ1v) is 11.3. The van der Waals surface area contributed by atoms with Gasteiger partial charge < -0.3 is 10.3 Å². The van der Waals surface area contributed by atoms with Gasteiger partial charge in [0.2, 0.25) is 0 Å². The highest BCUT2D eigenvalue weighted by atomic mass is 35.5. The fourth-order valence-corrected chi connectivity index (χ4v) is 4.34. The molecule has 0 aliphatic heterocycles. The van der Waals surface area contributed by atoms with Crippen molar-refractivity contribution < 1.29 is 12.8 Å². The minimum absolute atomic E-state index is 0.0380. The number of pyridine rings is 1. The van der Waals surface area contributed by atoms with Gasteiger partial charge in [-0.05, 0) is 36.1 Å². The number of aryl methyl sites for hydroxylation is 1. The van der Waals surface area contributed by atoms with E-state index < -0.39 is 21.7 Å². The SMILES string of the molecule is Cc1[nH]c(C(Nc2cc3ccccc3cn2)c2ccc(F)c(Cl)c2)nc1S(C)(=O)=O. The van der Waals surface area contributed by atoms with E-state index in [0.29, 0.717) is 22.9 Å². The molecule has 0 radical (unpaired) electrons. The topological polar surface area (TPSA) is 87.7 Å². The second-order valence-electron chi connectivity index (χ2n) is 6.99. The molecule has 0 aliphatic carbocycles.